The van der Waals surface area contributed by atoms with E-state index >= 15 is 0 Å². The summed E-state index contributed by atoms with van der Waals surface area (Å²) in [5, 5.41) is 4.34. The van der Waals surface area contributed by atoms with Crippen LogP contribution in [0.5, 0.6) is 0 Å². The van der Waals surface area contributed by atoms with Crippen LogP contribution >= 0.6 is 11.6 Å². The molecule has 0 saturated carbocycles. The highest BCUT2D eigenvalue weighted by Crippen LogP contribution is 2.24. The molecular weight excluding hydrogens is 306 g/mol. The second kappa shape index (κ2) is 6.28. The molecule has 1 N–H and O–H groups in total. The standard InChI is InChI=1S/C17H13ClF2N2/c18-12-3-1-11(2-4-12)5-7-21-16-6-8-22-17-14(16)9-13(19)10-15(17)20/h1-4,6,8-10H,5,7H2,(H,21,22). The largest absolute Gasteiger partial charge is 0.384 e. The van der Waals surface area contributed by atoms with Crippen molar-refractivity contribution in [2.75, 3.05) is 11.9 Å². The number of rotatable bonds is 4. The second-order valence-electron chi connectivity index (χ2n) is 4.95. The van der Waals surface area contributed by atoms with Crippen LogP contribution in [0.3, 0.4) is 0 Å². The molecule has 1 aromatic heterocycles. The molecular formula is C17H13ClF2N2. The van der Waals surface area contributed by atoms with Crippen molar-refractivity contribution < 1.29 is 8.78 Å². The smallest absolute Gasteiger partial charge is 0.152 e. The summed E-state index contributed by atoms with van der Waals surface area (Å²) in [6, 6.07) is 11.4. The van der Waals surface area contributed by atoms with E-state index in [1.807, 2.05) is 24.3 Å². The summed E-state index contributed by atoms with van der Waals surface area (Å²) >= 11 is 5.84. The SMILES string of the molecule is Fc1cc(F)c2nccc(NCCc3ccc(Cl)cc3)c2c1. The zero-order valence-corrected chi connectivity index (χ0v) is 12.4. The molecule has 0 aliphatic carbocycles. The Morgan fingerprint density at radius 3 is 2.59 bits per heavy atom. The van der Waals surface area contributed by atoms with Crippen molar-refractivity contribution in [2.24, 2.45) is 0 Å². The van der Waals surface area contributed by atoms with Crippen molar-refractivity contribution in [3.05, 3.63) is 70.9 Å². The van der Waals surface area contributed by atoms with Crippen LogP contribution < -0.4 is 5.32 Å². The first kappa shape index (κ1) is 14.7. The molecule has 22 heavy (non-hydrogen) atoms. The van der Waals surface area contributed by atoms with Gasteiger partial charge in [0.1, 0.15) is 11.3 Å². The quantitative estimate of drug-likeness (QED) is 0.746. The number of anilines is 1. The van der Waals surface area contributed by atoms with Crippen LogP contribution in [0.15, 0.2) is 48.7 Å². The minimum atomic E-state index is -0.656. The van der Waals surface area contributed by atoms with Gasteiger partial charge in [0.2, 0.25) is 0 Å². The molecule has 3 rings (SSSR count). The van der Waals surface area contributed by atoms with E-state index in [0.717, 1.165) is 18.1 Å². The van der Waals surface area contributed by atoms with Crippen LogP contribution in [0, 0.1) is 11.6 Å². The third-order valence-electron chi connectivity index (χ3n) is 3.41. The number of nitrogens with one attached hydrogen (secondary N) is 1. The maximum atomic E-state index is 13.7. The van der Waals surface area contributed by atoms with Gasteiger partial charge in [0.05, 0.1) is 0 Å². The van der Waals surface area contributed by atoms with Gasteiger partial charge in [0.15, 0.2) is 5.82 Å². The van der Waals surface area contributed by atoms with Gasteiger partial charge < -0.3 is 5.32 Å². The van der Waals surface area contributed by atoms with Gasteiger partial charge in [-0.25, -0.2) is 8.78 Å². The Morgan fingerprint density at radius 2 is 1.82 bits per heavy atom. The predicted octanol–water partition coefficient (Wildman–Crippen LogP) is 4.82. The Kier molecular flexibility index (Phi) is 4.20. The van der Waals surface area contributed by atoms with Gasteiger partial charge in [0, 0.05) is 34.9 Å². The summed E-state index contributed by atoms with van der Waals surface area (Å²) in [5.41, 5.74) is 1.96. The molecule has 0 saturated heterocycles. The molecule has 0 unspecified atom stereocenters. The summed E-state index contributed by atoms with van der Waals surface area (Å²) in [7, 11) is 0. The maximum Gasteiger partial charge on any atom is 0.152 e. The Labute approximate surface area is 131 Å². The van der Waals surface area contributed by atoms with Gasteiger partial charge in [-0.3, -0.25) is 4.98 Å². The van der Waals surface area contributed by atoms with Crippen LogP contribution in [0.1, 0.15) is 5.56 Å². The average molecular weight is 319 g/mol. The van der Waals surface area contributed by atoms with Gasteiger partial charge in [-0.2, -0.15) is 0 Å². The van der Waals surface area contributed by atoms with E-state index in [1.165, 1.54) is 12.3 Å². The van der Waals surface area contributed by atoms with Gasteiger partial charge in [-0.1, -0.05) is 23.7 Å². The fourth-order valence-corrected chi connectivity index (χ4v) is 2.45. The molecule has 0 radical (unpaired) electrons. The topological polar surface area (TPSA) is 24.9 Å². The summed E-state index contributed by atoms with van der Waals surface area (Å²) in [6.07, 6.45) is 2.28. The first-order valence-electron chi connectivity index (χ1n) is 6.85. The monoisotopic (exact) mass is 318 g/mol. The summed E-state index contributed by atoms with van der Waals surface area (Å²) in [5.74, 6) is -1.27. The maximum absolute atomic E-state index is 13.7. The molecule has 3 aromatic rings. The number of pyridine rings is 1. The molecule has 5 heteroatoms. The molecule has 0 aliphatic heterocycles. The van der Waals surface area contributed by atoms with Crippen molar-refractivity contribution in [3.8, 4) is 0 Å². The normalized spacial score (nSPS) is 10.9. The number of hydrogen-bond donors (Lipinski definition) is 1. The number of hydrogen-bond acceptors (Lipinski definition) is 2. The van der Waals surface area contributed by atoms with Crippen LogP contribution in [0.25, 0.3) is 10.9 Å². The zero-order valence-electron chi connectivity index (χ0n) is 11.6. The lowest BCUT2D eigenvalue weighted by Gasteiger charge is -2.10. The number of halogens is 3. The third kappa shape index (κ3) is 3.17. The average Bonchev–Trinajstić information content (AvgIpc) is 2.50. The predicted molar refractivity (Wildman–Crippen MR) is 85.3 cm³/mol. The Morgan fingerprint density at radius 1 is 1.05 bits per heavy atom. The van der Waals surface area contributed by atoms with Crippen molar-refractivity contribution >= 4 is 28.2 Å². The van der Waals surface area contributed by atoms with Crippen molar-refractivity contribution in [2.45, 2.75) is 6.42 Å². The second-order valence-corrected chi connectivity index (χ2v) is 5.38. The van der Waals surface area contributed by atoms with Gasteiger partial charge in [-0.05, 0) is 36.2 Å². The molecule has 1 heterocycles. The van der Waals surface area contributed by atoms with E-state index in [9.17, 15) is 8.78 Å². The first-order valence-corrected chi connectivity index (χ1v) is 7.23. The lowest BCUT2D eigenvalue weighted by Crippen LogP contribution is -2.05. The lowest BCUT2D eigenvalue weighted by molar-refractivity contribution is 0.590. The Bertz CT molecular complexity index is 804. The van der Waals surface area contributed by atoms with Crippen LogP contribution in [0.2, 0.25) is 5.02 Å². The van der Waals surface area contributed by atoms with Crippen molar-refractivity contribution in [1.82, 2.24) is 4.98 Å². The first-order chi connectivity index (χ1) is 10.6. The molecule has 0 fully saturated rings. The van der Waals surface area contributed by atoms with Gasteiger partial charge in [0.25, 0.3) is 0 Å². The van der Waals surface area contributed by atoms with Gasteiger partial charge in [-0.15, -0.1) is 0 Å². The Hall–Kier alpha value is -2.20. The third-order valence-corrected chi connectivity index (χ3v) is 3.66. The fourth-order valence-electron chi connectivity index (χ4n) is 2.33. The molecule has 0 aliphatic rings. The minimum Gasteiger partial charge on any atom is -0.384 e. The Balaban J connectivity index is 1.78. The summed E-state index contributed by atoms with van der Waals surface area (Å²) in [4.78, 5) is 3.96. The highest BCUT2D eigenvalue weighted by molar-refractivity contribution is 6.30. The number of nitrogens with zero attached hydrogens (tertiary/aromatic N) is 1. The highest BCUT2D eigenvalue weighted by Gasteiger charge is 2.08. The van der Waals surface area contributed by atoms with E-state index < -0.39 is 11.6 Å². The summed E-state index contributed by atoms with van der Waals surface area (Å²) in [6.45, 7) is 0.638. The van der Waals surface area contributed by atoms with Crippen molar-refractivity contribution in [1.29, 1.82) is 0 Å². The van der Waals surface area contributed by atoms with E-state index in [0.29, 0.717) is 22.6 Å². The van der Waals surface area contributed by atoms with E-state index in [-0.39, 0.29) is 5.52 Å². The van der Waals surface area contributed by atoms with Crippen LogP contribution in [0.4, 0.5) is 14.5 Å². The molecule has 0 spiro atoms. The number of fused-ring (bicyclic) bond motifs is 1. The van der Waals surface area contributed by atoms with E-state index in [4.69, 9.17) is 11.6 Å². The molecule has 2 aromatic carbocycles. The zero-order chi connectivity index (χ0) is 15.5. The minimum absolute atomic E-state index is 0.165. The van der Waals surface area contributed by atoms with E-state index in [1.54, 1.807) is 6.07 Å². The molecule has 0 amide bonds. The highest BCUT2D eigenvalue weighted by atomic mass is 35.5. The number of aromatic nitrogens is 1. The van der Waals surface area contributed by atoms with Gasteiger partial charge >= 0.3 is 0 Å². The molecule has 112 valence electrons. The fraction of sp³-hybridized carbons (Fsp3) is 0.118. The number of benzene rings is 2. The molecule has 0 atom stereocenters. The van der Waals surface area contributed by atoms with Crippen LogP contribution in [-0.2, 0) is 6.42 Å². The van der Waals surface area contributed by atoms with Crippen molar-refractivity contribution in [3.63, 3.8) is 0 Å². The van der Waals surface area contributed by atoms with E-state index in [2.05, 4.69) is 10.3 Å². The molecule has 2 nitrogen and oxygen atoms in total. The molecule has 0 bridgehead atoms. The lowest BCUT2D eigenvalue weighted by atomic mass is 10.1. The van der Waals surface area contributed by atoms with Crippen LogP contribution in [-0.4, -0.2) is 11.5 Å². The summed E-state index contributed by atoms with van der Waals surface area (Å²) < 4.78 is 27.1.